The van der Waals surface area contributed by atoms with Gasteiger partial charge in [0, 0.05) is 19.2 Å². The van der Waals surface area contributed by atoms with Crippen molar-refractivity contribution in [2.75, 3.05) is 27.4 Å². The Hall–Kier alpha value is -1.31. The SMILES string of the molecule is COc1ccc(OC)c(S(=O)(=O)NC[C@H]2CCCO2)c1. The van der Waals surface area contributed by atoms with E-state index in [1.165, 1.54) is 20.3 Å². The van der Waals surface area contributed by atoms with Gasteiger partial charge in [-0.2, -0.15) is 0 Å². The number of ether oxygens (including phenoxy) is 3. The Morgan fingerprint density at radius 2 is 2.15 bits per heavy atom. The Bertz CT molecular complexity index is 552. The zero-order chi connectivity index (χ0) is 14.6. The second-order valence-electron chi connectivity index (χ2n) is 4.50. The normalized spacial score (nSPS) is 19.0. The van der Waals surface area contributed by atoms with Crippen LogP contribution in [-0.4, -0.2) is 41.9 Å². The van der Waals surface area contributed by atoms with Gasteiger partial charge < -0.3 is 14.2 Å². The molecule has 7 heteroatoms. The predicted molar refractivity (Wildman–Crippen MR) is 73.7 cm³/mol. The van der Waals surface area contributed by atoms with Gasteiger partial charge in [0.2, 0.25) is 10.0 Å². The molecule has 1 saturated heterocycles. The maximum Gasteiger partial charge on any atom is 0.244 e. The molecule has 0 bridgehead atoms. The number of hydrogen-bond donors (Lipinski definition) is 1. The Balaban J connectivity index is 2.18. The largest absolute Gasteiger partial charge is 0.497 e. The van der Waals surface area contributed by atoms with E-state index in [9.17, 15) is 8.42 Å². The average Bonchev–Trinajstić information content (AvgIpc) is 2.98. The van der Waals surface area contributed by atoms with Crippen molar-refractivity contribution in [1.29, 1.82) is 0 Å². The second-order valence-corrected chi connectivity index (χ2v) is 6.24. The van der Waals surface area contributed by atoms with Crippen molar-refractivity contribution in [2.24, 2.45) is 0 Å². The molecule has 20 heavy (non-hydrogen) atoms. The lowest BCUT2D eigenvalue weighted by atomic mass is 10.2. The van der Waals surface area contributed by atoms with Gasteiger partial charge in [-0.05, 0) is 25.0 Å². The molecular weight excluding hydrogens is 282 g/mol. The van der Waals surface area contributed by atoms with Crippen molar-refractivity contribution >= 4 is 10.0 Å². The minimum absolute atomic E-state index is 0.0543. The number of hydrogen-bond acceptors (Lipinski definition) is 5. The number of methoxy groups -OCH3 is 2. The van der Waals surface area contributed by atoms with E-state index >= 15 is 0 Å². The molecule has 0 aliphatic carbocycles. The molecular formula is C13H19NO5S. The van der Waals surface area contributed by atoms with E-state index in [-0.39, 0.29) is 23.3 Å². The molecule has 1 heterocycles. The van der Waals surface area contributed by atoms with E-state index in [4.69, 9.17) is 14.2 Å². The van der Waals surface area contributed by atoms with Crippen molar-refractivity contribution in [3.8, 4) is 11.5 Å². The van der Waals surface area contributed by atoms with Crippen molar-refractivity contribution in [3.63, 3.8) is 0 Å². The van der Waals surface area contributed by atoms with E-state index in [1.54, 1.807) is 12.1 Å². The average molecular weight is 301 g/mol. The van der Waals surface area contributed by atoms with E-state index in [0.717, 1.165) is 12.8 Å². The van der Waals surface area contributed by atoms with Crippen molar-refractivity contribution in [3.05, 3.63) is 18.2 Å². The molecule has 6 nitrogen and oxygen atoms in total. The number of sulfonamides is 1. The van der Waals surface area contributed by atoms with Gasteiger partial charge in [-0.1, -0.05) is 0 Å². The van der Waals surface area contributed by atoms with Crippen LogP contribution in [0.15, 0.2) is 23.1 Å². The molecule has 1 fully saturated rings. The first-order chi connectivity index (χ1) is 9.56. The maximum absolute atomic E-state index is 12.3. The highest BCUT2D eigenvalue weighted by Gasteiger charge is 2.23. The van der Waals surface area contributed by atoms with Gasteiger partial charge in [-0.25, -0.2) is 13.1 Å². The lowest BCUT2D eigenvalue weighted by molar-refractivity contribution is 0.114. The summed E-state index contributed by atoms with van der Waals surface area (Å²) in [5, 5.41) is 0. The van der Waals surface area contributed by atoms with E-state index in [1.807, 2.05) is 0 Å². The Morgan fingerprint density at radius 1 is 1.35 bits per heavy atom. The summed E-state index contributed by atoms with van der Waals surface area (Å²) in [5.74, 6) is 0.744. The second kappa shape index (κ2) is 6.43. The highest BCUT2D eigenvalue weighted by atomic mass is 32.2. The molecule has 1 aromatic rings. The summed E-state index contributed by atoms with van der Waals surface area (Å²) in [6.45, 7) is 0.956. The quantitative estimate of drug-likeness (QED) is 0.853. The molecule has 2 rings (SSSR count). The van der Waals surface area contributed by atoms with Gasteiger partial charge in [-0.3, -0.25) is 0 Å². The third-order valence-electron chi connectivity index (χ3n) is 3.19. The van der Waals surface area contributed by atoms with Gasteiger partial charge in [-0.15, -0.1) is 0 Å². The smallest absolute Gasteiger partial charge is 0.244 e. The summed E-state index contributed by atoms with van der Waals surface area (Å²) in [7, 11) is -0.743. The number of benzene rings is 1. The fourth-order valence-electron chi connectivity index (χ4n) is 2.08. The zero-order valence-electron chi connectivity index (χ0n) is 11.6. The lowest BCUT2D eigenvalue weighted by Gasteiger charge is -2.14. The molecule has 0 radical (unpaired) electrons. The highest BCUT2D eigenvalue weighted by molar-refractivity contribution is 7.89. The van der Waals surface area contributed by atoms with Crippen molar-refractivity contribution in [1.82, 2.24) is 4.72 Å². The van der Waals surface area contributed by atoms with Crippen LogP contribution in [-0.2, 0) is 14.8 Å². The zero-order valence-corrected chi connectivity index (χ0v) is 12.4. The molecule has 1 aliphatic rings. The molecule has 0 saturated carbocycles. The topological polar surface area (TPSA) is 73.9 Å². The maximum atomic E-state index is 12.3. The molecule has 1 atom stereocenters. The predicted octanol–water partition coefficient (Wildman–Crippen LogP) is 1.16. The Morgan fingerprint density at radius 3 is 2.75 bits per heavy atom. The van der Waals surface area contributed by atoms with Crippen molar-refractivity contribution < 1.29 is 22.6 Å². The standard InChI is InChI=1S/C13H19NO5S/c1-17-10-5-6-12(18-2)13(8-10)20(15,16)14-9-11-4-3-7-19-11/h5-6,8,11,14H,3-4,7,9H2,1-2H3/t11-/m1/s1. The Kier molecular flexibility index (Phi) is 4.85. The van der Waals surface area contributed by atoms with Crippen LogP contribution in [0.2, 0.25) is 0 Å². The fourth-order valence-corrected chi connectivity index (χ4v) is 3.33. The molecule has 0 spiro atoms. The van der Waals surface area contributed by atoms with Crippen LogP contribution >= 0.6 is 0 Å². The van der Waals surface area contributed by atoms with Crippen LogP contribution < -0.4 is 14.2 Å². The first-order valence-electron chi connectivity index (χ1n) is 6.40. The molecule has 1 aromatic carbocycles. The third kappa shape index (κ3) is 3.41. The summed E-state index contributed by atoms with van der Waals surface area (Å²) in [6, 6.07) is 4.66. The van der Waals surface area contributed by atoms with Crippen LogP contribution in [0, 0.1) is 0 Å². The van der Waals surface area contributed by atoms with Gasteiger partial charge in [0.05, 0.1) is 20.3 Å². The summed E-state index contributed by atoms with van der Waals surface area (Å²) < 4.78 is 42.8. The van der Waals surface area contributed by atoms with Gasteiger partial charge in [0.1, 0.15) is 16.4 Å². The first-order valence-corrected chi connectivity index (χ1v) is 7.88. The molecule has 0 aromatic heterocycles. The summed E-state index contributed by atoms with van der Waals surface area (Å²) in [6.07, 6.45) is 1.79. The summed E-state index contributed by atoms with van der Waals surface area (Å²) in [4.78, 5) is 0.0670. The van der Waals surface area contributed by atoms with Gasteiger partial charge in [0.25, 0.3) is 0 Å². The first kappa shape index (κ1) is 15.1. The number of rotatable bonds is 6. The van der Waals surface area contributed by atoms with Crippen LogP contribution in [0.5, 0.6) is 11.5 Å². The molecule has 0 unspecified atom stereocenters. The van der Waals surface area contributed by atoms with Gasteiger partial charge in [0.15, 0.2) is 0 Å². The number of nitrogens with one attached hydrogen (secondary N) is 1. The van der Waals surface area contributed by atoms with Crippen molar-refractivity contribution in [2.45, 2.75) is 23.8 Å². The summed E-state index contributed by atoms with van der Waals surface area (Å²) >= 11 is 0. The molecule has 112 valence electrons. The summed E-state index contributed by atoms with van der Waals surface area (Å²) in [5.41, 5.74) is 0. The van der Waals surface area contributed by atoms with Crippen LogP contribution in [0.4, 0.5) is 0 Å². The van der Waals surface area contributed by atoms with Crippen LogP contribution in [0.25, 0.3) is 0 Å². The van der Waals surface area contributed by atoms with Gasteiger partial charge >= 0.3 is 0 Å². The molecule has 0 amide bonds. The molecule has 1 aliphatic heterocycles. The van der Waals surface area contributed by atoms with E-state index in [2.05, 4.69) is 4.72 Å². The Labute approximate surface area is 119 Å². The highest BCUT2D eigenvalue weighted by Crippen LogP contribution is 2.28. The lowest BCUT2D eigenvalue weighted by Crippen LogP contribution is -2.32. The minimum Gasteiger partial charge on any atom is -0.497 e. The minimum atomic E-state index is -3.66. The van der Waals surface area contributed by atoms with Crippen LogP contribution in [0.3, 0.4) is 0 Å². The van der Waals surface area contributed by atoms with E-state index < -0.39 is 10.0 Å². The fraction of sp³-hybridized carbons (Fsp3) is 0.538. The third-order valence-corrected chi connectivity index (χ3v) is 4.63. The monoisotopic (exact) mass is 301 g/mol. The molecule has 1 N–H and O–H groups in total. The van der Waals surface area contributed by atoms with E-state index in [0.29, 0.717) is 12.4 Å². The van der Waals surface area contributed by atoms with Crippen LogP contribution in [0.1, 0.15) is 12.8 Å².